The molecular weight excluding hydrogens is 509 g/mol. The Morgan fingerprint density at radius 1 is 1.23 bits per heavy atom. The molecule has 0 aliphatic rings. The molecule has 0 radical (unpaired) electrons. The van der Waals surface area contributed by atoms with Crippen molar-refractivity contribution < 1.29 is 17.6 Å². The number of aromatic amines is 1. The maximum atomic E-state index is 13.8. The van der Waals surface area contributed by atoms with E-state index in [2.05, 4.69) is 31.2 Å². The number of sulfone groups is 1. The second-order valence-corrected chi connectivity index (χ2v) is 10.1. The Morgan fingerprint density at radius 2 is 1.94 bits per heavy atom. The predicted octanol–water partition coefficient (Wildman–Crippen LogP) is 3.80. The summed E-state index contributed by atoms with van der Waals surface area (Å²) in [6, 6.07) is 10.5. The number of hydrogen-bond donors (Lipinski definition) is 2. The number of nitrogens with zero attached hydrogens (tertiary/aromatic N) is 1. The van der Waals surface area contributed by atoms with Gasteiger partial charge < -0.3 is 10.3 Å². The molecule has 0 aliphatic heterocycles. The minimum Gasteiger partial charge on any atom is -0.323 e. The van der Waals surface area contributed by atoms with Gasteiger partial charge in [-0.3, -0.25) is 9.59 Å². The number of anilines is 1. The van der Waals surface area contributed by atoms with Crippen molar-refractivity contribution in [3.63, 3.8) is 0 Å². The van der Waals surface area contributed by atoms with E-state index in [4.69, 9.17) is 0 Å². The van der Waals surface area contributed by atoms with Crippen LogP contribution in [0.15, 0.2) is 72.9 Å². The zero-order chi connectivity index (χ0) is 22.6. The molecule has 1 heterocycles. The lowest BCUT2D eigenvalue weighted by Crippen LogP contribution is -2.20. The molecule has 0 saturated carbocycles. The molecule has 0 aliphatic carbocycles. The SMILES string of the molecule is CCc1ccc(S(=O)(=O)c2cnc(SCC(=O)Nc3ccc(Br)cc3F)[nH]c2=O)cc1. The molecule has 1 aromatic heterocycles. The second kappa shape index (κ2) is 9.75. The molecule has 0 fully saturated rings. The molecule has 0 spiro atoms. The van der Waals surface area contributed by atoms with Crippen molar-refractivity contribution in [2.45, 2.75) is 28.3 Å². The highest BCUT2D eigenvalue weighted by molar-refractivity contribution is 9.10. The second-order valence-electron chi connectivity index (χ2n) is 6.34. The van der Waals surface area contributed by atoms with E-state index in [0.29, 0.717) is 4.47 Å². The summed E-state index contributed by atoms with van der Waals surface area (Å²) in [7, 11) is -4.03. The Bertz CT molecular complexity index is 1280. The zero-order valence-electron chi connectivity index (χ0n) is 16.2. The Kier molecular flexibility index (Phi) is 7.29. The molecule has 0 atom stereocenters. The van der Waals surface area contributed by atoms with Crippen LogP contribution in [-0.4, -0.2) is 30.0 Å². The Balaban J connectivity index is 1.70. The number of nitrogens with one attached hydrogen (secondary N) is 2. The fraction of sp³-hybridized carbons (Fsp3) is 0.150. The van der Waals surface area contributed by atoms with Crippen LogP contribution < -0.4 is 10.9 Å². The number of H-pyrrole nitrogens is 1. The third-order valence-corrected chi connectivity index (χ3v) is 7.36. The summed E-state index contributed by atoms with van der Waals surface area (Å²) in [6.07, 6.45) is 1.73. The van der Waals surface area contributed by atoms with Crippen molar-refractivity contribution in [1.29, 1.82) is 0 Å². The van der Waals surface area contributed by atoms with Crippen LogP contribution in [0, 0.1) is 5.82 Å². The van der Waals surface area contributed by atoms with Gasteiger partial charge in [0.1, 0.15) is 5.82 Å². The van der Waals surface area contributed by atoms with Crippen molar-refractivity contribution >= 4 is 49.1 Å². The molecule has 0 saturated heterocycles. The van der Waals surface area contributed by atoms with Gasteiger partial charge >= 0.3 is 0 Å². The van der Waals surface area contributed by atoms with Crippen molar-refractivity contribution in [1.82, 2.24) is 9.97 Å². The molecule has 0 unspecified atom stereocenters. The molecule has 11 heteroatoms. The van der Waals surface area contributed by atoms with Crippen molar-refractivity contribution in [3.05, 3.63) is 74.9 Å². The van der Waals surface area contributed by atoms with Crippen LogP contribution in [0.5, 0.6) is 0 Å². The Hall–Kier alpha value is -2.50. The molecule has 31 heavy (non-hydrogen) atoms. The summed E-state index contributed by atoms with van der Waals surface area (Å²) < 4.78 is 39.8. The minimum absolute atomic E-state index is 0.00620. The average molecular weight is 526 g/mol. The van der Waals surface area contributed by atoms with Gasteiger partial charge in [-0.2, -0.15) is 0 Å². The number of hydrogen-bond acceptors (Lipinski definition) is 6. The van der Waals surface area contributed by atoms with Crippen LogP contribution >= 0.6 is 27.7 Å². The summed E-state index contributed by atoms with van der Waals surface area (Å²) in [5.41, 5.74) is 0.154. The van der Waals surface area contributed by atoms with Gasteiger partial charge in [0.15, 0.2) is 10.1 Å². The van der Waals surface area contributed by atoms with E-state index in [9.17, 15) is 22.4 Å². The summed E-state index contributed by atoms with van der Waals surface area (Å²) in [6.45, 7) is 1.95. The van der Waals surface area contributed by atoms with Crippen LogP contribution in [0.4, 0.5) is 10.1 Å². The highest BCUT2D eigenvalue weighted by atomic mass is 79.9. The van der Waals surface area contributed by atoms with E-state index in [0.717, 1.165) is 29.9 Å². The molecule has 3 rings (SSSR count). The molecular formula is C20H17BrFN3O4S2. The number of benzene rings is 2. The Morgan fingerprint density at radius 3 is 2.55 bits per heavy atom. The lowest BCUT2D eigenvalue weighted by atomic mass is 10.2. The van der Waals surface area contributed by atoms with Crippen molar-refractivity contribution in [2.75, 3.05) is 11.1 Å². The zero-order valence-corrected chi connectivity index (χ0v) is 19.4. The standard InChI is InChI=1S/C20H17BrFN3O4S2/c1-2-12-3-6-14(7-4-12)31(28,29)17-10-23-20(25-19(17)27)30-11-18(26)24-16-8-5-13(21)9-15(16)22/h3-10H,2,11H2,1H3,(H,24,26)(H,23,25,27). The normalized spacial score (nSPS) is 11.3. The van der Waals surface area contributed by atoms with E-state index in [1.54, 1.807) is 18.2 Å². The van der Waals surface area contributed by atoms with Gasteiger partial charge in [-0.15, -0.1) is 0 Å². The molecule has 1 amide bonds. The number of carbonyl (C=O) groups excluding carboxylic acids is 1. The van der Waals surface area contributed by atoms with Crippen molar-refractivity contribution in [2.24, 2.45) is 0 Å². The van der Waals surface area contributed by atoms with Gasteiger partial charge in [-0.05, 0) is 42.3 Å². The first-order valence-corrected chi connectivity index (χ1v) is 12.3. The fourth-order valence-electron chi connectivity index (χ4n) is 2.57. The maximum absolute atomic E-state index is 13.8. The van der Waals surface area contributed by atoms with Crippen LogP contribution in [0.3, 0.4) is 0 Å². The number of aromatic nitrogens is 2. The number of aryl methyl sites for hydroxylation is 1. The van der Waals surface area contributed by atoms with Crippen LogP contribution in [0.2, 0.25) is 0 Å². The first-order valence-electron chi connectivity index (χ1n) is 9.01. The monoisotopic (exact) mass is 525 g/mol. The molecule has 2 aromatic carbocycles. The van der Waals surface area contributed by atoms with Crippen LogP contribution in [-0.2, 0) is 21.1 Å². The fourth-order valence-corrected chi connectivity index (χ4v) is 4.77. The van der Waals surface area contributed by atoms with Gasteiger partial charge in [-0.1, -0.05) is 46.7 Å². The number of amides is 1. The van der Waals surface area contributed by atoms with E-state index in [-0.39, 0.29) is 21.5 Å². The number of rotatable bonds is 7. The maximum Gasteiger partial charge on any atom is 0.270 e. The molecule has 0 bridgehead atoms. The number of carbonyl (C=O) groups is 1. The van der Waals surface area contributed by atoms with Gasteiger partial charge in [0, 0.05) is 4.47 Å². The topological polar surface area (TPSA) is 109 Å². The van der Waals surface area contributed by atoms with E-state index in [1.807, 2.05) is 6.92 Å². The first kappa shape index (κ1) is 23.2. The molecule has 2 N–H and O–H groups in total. The van der Waals surface area contributed by atoms with Gasteiger partial charge in [0.05, 0.1) is 22.5 Å². The smallest absolute Gasteiger partial charge is 0.270 e. The van der Waals surface area contributed by atoms with E-state index < -0.39 is 32.0 Å². The molecule has 162 valence electrons. The van der Waals surface area contributed by atoms with Crippen LogP contribution in [0.1, 0.15) is 12.5 Å². The minimum atomic E-state index is -4.03. The summed E-state index contributed by atoms with van der Waals surface area (Å²) in [5.74, 6) is -1.27. The third-order valence-electron chi connectivity index (χ3n) is 4.22. The van der Waals surface area contributed by atoms with Gasteiger partial charge in [0.2, 0.25) is 15.7 Å². The predicted molar refractivity (Wildman–Crippen MR) is 120 cm³/mol. The lowest BCUT2D eigenvalue weighted by molar-refractivity contribution is -0.113. The molecule has 7 nitrogen and oxygen atoms in total. The first-order chi connectivity index (χ1) is 14.7. The number of thioether (sulfide) groups is 1. The lowest BCUT2D eigenvalue weighted by Gasteiger charge is -2.07. The van der Waals surface area contributed by atoms with Gasteiger partial charge in [0.25, 0.3) is 5.56 Å². The summed E-state index contributed by atoms with van der Waals surface area (Å²) in [5, 5.41) is 2.48. The van der Waals surface area contributed by atoms with Gasteiger partial charge in [-0.25, -0.2) is 17.8 Å². The summed E-state index contributed by atoms with van der Waals surface area (Å²) in [4.78, 5) is 30.2. The highest BCUT2D eigenvalue weighted by Crippen LogP contribution is 2.21. The molecule has 3 aromatic rings. The third kappa shape index (κ3) is 5.60. The largest absolute Gasteiger partial charge is 0.323 e. The number of halogens is 2. The Labute approximate surface area is 190 Å². The summed E-state index contributed by atoms with van der Waals surface area (Å²) >= 11 is 4.02. The highest BCUT2D eigenvalue weighted by Gasteiger charge is 2.22. The average Bonchev–Trinajstić information content (AvgIpc) is 2.74. The van der Waals surface area contributed by atoms with E-state index >= 15 is 0 Å². The van der Waals surface area contributed by atoms with E-state index in [1.165, 1.54) is 24.3 Å². The van der Waals surface area contributed by atoms with Crippen molar-refractivity contribution in [3.8, 4) is 0 Å². The quantitative estimate of drug-likeness (QED) is 0.358. The van der Waals surface area contributed by atoms with Crippen LogP contribution in [0.25, 0.3) is 0 Å².